The van der Waals surface area contributed by atoms with Crippen molar-refractivity contribution in [3.05, 3.63) is 12.8 Å². The van der Waals surface area contributed by atoms with Crippen LogP contribution in [0.15, 0.2) is 12.8 Å². The summed E-state index contributed by atoms with van der Waals surface area (Å²) in [7, 11) is 0. The molecule has 0 unspecified atom stereocenters. The summed E-state index contributed by atoms with van der Waals surface area (Å²) in [5.74, 6) is 0. The highest BCUT2D eigenvalue weighted by Gasteiger charge is 2.00. The Kier molecular flexibility index (Phi) is 14.3. The Balaban J connectivity index is 2.15. The van der Waals surface area contributed by atoms with Gasteiger partial charge in [-0.3, -0.25) is 0 Å². The van der Waals surface area contributed by atoms with Gasteiger partial charge in [0.05, 0.1) is 66.1 Å². The van der Waals surface area contributed by atoms with E-state index in [1.807, 2.05) is 6.20 Å². The van der Waals surface area contributed by atoms with Gasteiger partial charge in [0.2, 0.25) is 0 Å². The van der Waals surface area contributed by atoms with Crippen LogP contribution in [0, 0.1) is 0 Å². The highest BCUT2D eigenvalue weighted by Crippen LogP contribution is 1.94. The Morgan fingerprint density at radius 2 is 1.04 bits per heavy atom. The van der Waals surface area contributed by atoms with Gasteiger partial charge in [-0.15, -0.1) is 0 Å². The molecule has 1 rings (SSSR count). The molecule has 23 heavy (non-hydrogen) atoms. The molecule has 0 saturated carbocycles. The minimum absolute atomic E-state index is 0.300. The molecule has 0 radical (unpaired) electrons. The van der Waals surface area contributed by atoms with E-state index in [2.05, 4.69) is 11.5 Å². The van der Waals surface area contributed by atoms with Crippen molar-refractivity contribution >= 4 is 0 Å². The lowest BCUT2D eigenvalue weighted by atomic mass is 10.4. The maximum Gasteiger partial charge on any atom is 0.146 e. The second-order valence-corrected chi connectivity index (χ2v) is 4.96. The second-order valence-electron chi connectivity index (χ2n) is 4.96. The Hall–Kier alpha value is -0.700. The minimum Gasteiger partial charge on any atom is -0.377 e. The first-order valence-corrected chi connectivity index (χ1v) is 8.26. The van der Waals surface area contributed by atoms with E-state index in [0.29, 0.717) is 72.9 Å². The van der Waals surface area contributed by atoms with Crippen molar-refractivity contribution in [1.82, 2.24) is 4.90 Å². The van der Waals surface area contributed by atoms with Crippen molar-refractivity contribution in [1.29, 1.82) is 0 Å². The molecule has 0 spiro atoms. The number of ether oxygens (including phenoxy) is 6. The monoisotopic (exact) mass is 333 g/mol. The van der Waals surface area contributed by atoms with E-state index in [1.165, 1.54) is 0 Å². The van der Waals surface area contributed by atoms with Crippen LogP contribution >= 0.6 is 0 Å². The lowest BCUT2D eigenvalue weighted by molar-refractivity contribution is -0.0739. The van der Waals surface area contributed by atoms with Crippen molar-refractivity contribution in [3.63, 3.8) is 0 Å². The topological polar surface area (TPSA) is 58.6 Å². The van der Waals surface area contributed by atoms with Crippen LogP contribution in [-0.4, -0.2) is 90.9 Å². The summed E-state index contributed by atoms with van der Waals surface area (Å²) in [5, 5.41) is 0. The van der Waals surface area contributed by atoms with E-state index >= 15 is 0 Å². The SMILES string of the molecule is C=CN1CCCOCOCCOCCOCCOCCOCC1. The van der Waals surface area contributed by atoms with Gasteiger partial charge in [0.25, 0.3) is 0 Å². The summed E-state index contributed by atoms with van der Waals surface area (Å²) in [4.78, 5) is 2.12. The molecule has 7 nitrogen and oxygen atoms in total. The van der Waals surface area contributed by atoms with E-state index in [1.54, 1.807) is 0 Å². The number of hydrogen-bond acceptors (Lipinski definition) is 7. The van der Waals surface area contributed by atoms with Crippen LogP contribution in [0.25, 0.3) is 0 Å². The molecular formula is C16H31NO6. The van der Waals surface area contributed by atoms with Gasteiger partial charge in [0.15, 0.2) is 0 Å². The molecule has 0 amide bonds. The summed E-state index contributed by atoms with van der Waals surface area (Å²) in [6, 6.07) is 0. The Morgan fingerprint density at radius 3 is 1.61 bits per heavy atom. The molecule has 0 bridgehead atoms. The average Bonchev–Trinajstić information content (AvgIpc) is 2.57. The molecule has 1 aliphatic heterocycles. The molecule has 1 heterocycles. The number of nitrogens with zero attached hydrogens (tertiary/aromatic N) is 1. The summed E-state index contributed by atoms with van der Waals surface area (Å²) < 4.78 is 32.5. The Labute approximate surface area is 139 Å². The molecule has 0 N–H and O–H groups in total. The van der Waals surface area contributed by atoms with Crippen LogP contribution in [0.3, 0.4) is 0 Å². The van der Waals surface area contributed by atoms with Gasteiger partial charge in [-0.1, -0.05) is 6.58 Å². The van der Waals surface area contributed by atoms with Crippen LogP contribution in [0.5, 0.6) is 0 Å². The molecule has 136 valence electrons. The van der Waals surface area contributed by atoms with Crippen LogP contribution in [0.2, 0.25) is 0 Å². The summed E-state index contributed by atoms with van der Waals surface area (Å²) in [5.41, 5.74) is 0. The lowest BCUT2D eigenvalue weighted by Crippen LogP contribution is -2.24. The molecule has 0 aromatic carbocycles. The summed E-state index contributed by atoms with van der Waals surface area (Å²) in [6.45, 7) is 11.7. The first kappa shape index (κ1) is 20.3. The third-order valence-corrected chi connectivity index (χ3v) is 3.17. The summed E-state index contributed by atoms with van der Waals surface area (Å²) in [6.07, 6.45) is 2.76. The van der Waals surface area contributed by atoms with Crippen molar-refractivity contribution in [2.24, 2.45) is 0 Å². The van der Waals surface area contributed by atoms with E-state index < -0.39 is 0 Å². The first-order valence-electron chi connectivity index (χ1n) is 8.26. The van der Waals surface area contributed by atoms with Crippen molar-refractivity contribution < 1.29 is 28.4 Å². The zero-order valence-corrected chi connectivity index (χ0v) is 14.1. The van der Waals surface area contributed by atoms with Gasteiger partial charge in [0, 0.05) is 13.1 Å². The lowest BCUT2D eigenvalue weighted by Gasteiger charge is -2.19. The molecule has 0 aliphatic carbocycles. The zero-order chi connectivity index (χ0) is 16.4. The maximum atomic E-state index is 5.54. The zero-order valence-electron chi connectivity index (χ0n) is 14.1. The van der Waals surface area contributed by atoms with E-state index in [9.17, 15) is 0 Å². The molecule has 1 fully saturated rings. The van der Waals surface area contributed by atoms with Crippen LogP contribution in [-0.2, 0) is 28.4 Å². The van der Waals surface area contributed by atoms with E-state index in [4.69, 9.17) is 28.4 Å². The molecule has 1 aliphatic rings. The van der Waals surface area contributed by atoms with Gasteiger partial charge < -0.3 is 33.3 Å². The quantitative estimate of drug-likeness (QED) is 0.706. The molecule has 7 heteroatoms. The number of hydrogen-bond donors (Lipinski definition) is 0. The first-order chi connectivity index (χ1) is 11.4. The fraction of sp³-hybridized carbons (Fsp3) is 0.875. The Bertz CT molecular complexity index is 245. The molecule has 0 aromatic heterocycles. The molecule has 0 atom stereocenters. The van der Waals surface area contributed by atoms with Gasteiger partial charge in [-0.25, -0.2) is 0 Å². The fourth-order valence-electron chi connectivity index (χ4n) is 1.90. The average molecular weight is 333 g/mol. The highest BCUT2D eigenvalue weighted by atomic mass is 16.7. The molecule has 0 aromatic rings. The van der Waals surface area contributed by atoms with Crippen LogP contribution in [0.1, 0.15) is 6.42 Å². The molecular weight excluding hydrogens is 302 g/mol. The predicted molar refractivity (Wildman–Crippen MR) is 86.4 cm³/mol. The largest absolute Gasteiger partial charge is 0.377 e. The van der Waals surface area contributed by atoms with Gasteiger partial charge in [-0.05, 0) is 12.6 Å². The Morgan fingerprint density at radius 1 is 0.565 bits per heavy atom. The van der Waals surface area contributed by atoms with E-state index in [0.717, 1.165) is 19.5 Å². The minimum atomic E-state index is 0.300. The van der Waals surface area contributed by atoms with Crippen molar-refractivity contribution in [2.45, 2.75) is 6.42 Å². The fourth-order valence-corrected chi connectivity index (χ4v) is 1.90. The third-order valence-electron chi connectivity index (χ3n) is 3.17. The van der Waals surface area contributed by atoms with E-state index in [-0.39, 0.29) is 0 Å². The highest BCUT2D eigenvalue weighted by molar-refractivity contribution is 4.70. The third kappa shape index (κ3) is 13.4. The van der Waals surface area contributed by atoms with Gasteiger partial charge in [-0.2, -0.15) is 0 Å². The smallest absolute Gasteiger partial charge is 0.146 e. The predicted octanol–water partition coefficient (Wildman–Crippen LogP) is 0.893. The maximum absolute atomic E-state index is 5.54. The molecule has 1 saturated heterocycles. The van der Waals surface area contributed by atoms with Gasteiger partial charge >= 0.3 is 0 Å². The van der Waals surface area contributed by atoms with Crippen molar-refractivity contribution in [2.75, 3.05) is 86.0 Å². The van der Waals surface area contributed by atoms with Crippen molar-refractivity contribution in [3.8, 4) is 0 Å². The normalized spacial score (nSPS) is 22.9. The number of rotatable bonds is 1. The standard InChI is InChI=1S/C16H31NO6/c1-2-17-4-3-6-22-16-23-15-14-21-13-12-20-11-10-19-9-8-18-7-5-17/h2H,1,3-16H2. The van der Waals surface area contributed by atoms with Gasteiger partial charge in [0.1, 0.15) is 6.79 Å². The van der Waals surface area contributed by atoms with Crippen LogP contribution in [0.4, 0.5) is 0 Å². The second kappa shape index (κ2) is 16.2. The summed E-state index contributed by atoms with van der Waals surface area (Å²) >= 11 is 0. The van der Waals surface area contributed by atoms with Crippen LogP contribution < -0.4 is 0 Å².